The molecule has 4 nitrogen and oxygen atoms in total. The van der Waals surface area contributed by atoms with E-state index in [0.29, 0.717) is 6.61 Å². The molecule has 0 rings (SSSR count). The SMILES string of the molecule is CCCCC/C=C\C/C=C\CCCCCCCCC(CCCCCCCCCC/C=C\CCCCC)NC(=O)OCCN(C)C. The van der Waals surface area contributed by atoms with Crippen molar-refractivity contribution in [1.82, 2.24) is 10.2 Å². The van der Waals surface area contributed by atoms with Crippen molar-refractivity contribution in [3.63, 3.8) is 0 Å². The topological polar surface area (TPSA) is 41.6 Å². The first kappa shape index (κ1) is 43.5. The second-order valence-corrected chi connectivity index (χ2v) is 13.5. The summed E-state index contributed by atoms with van der Waals surface area (Å²) in [5.74, 6) is 0. The van der Waals surface area contributed by atoms with Crippen molar-refractivity contribution in [2.24, 2.45) is 0 Å². The van der Waals surface area contributed by atoms with Gasteiger partial charge in [-0.1, -0.05) is 153 Å². The van der Waals surface area contributed by atoms with Crippen LogP contribution in [0.5, 0.6) is 0 Å². The largest absolute Gasteiger partial charge is 0.448 e. The van der Waals surface area contributed by atoms with Gasteiger partial charge in [0.2, 0.25) is 0 Å². The van der Waals surface area contributed by atoms with Gasteiger partial charge in [-0.2, -0.15) is 0 Å². The van der Waals surface area contributed by atoms with Gasteiger partial charge in [0, 0.05) is 12.6 Å². The van der Waals surface area contributed by atoms with Crippen LogP contribution in [0.1, 0.15) is 187 Å². The van der Waals surface area contributed by atoms with Crippen molar-refractivity contribution >= 4 is 6.09 Å². The minimum absolute atomic E-state index is 0.238. The van der Waals surface area contributed by atoms with E-state index in [4.69, 9.17) is 4.74 Å². The van der Waals surface area contributed by atoms with Gasteiger partial charge < -0.3 is 15.0 Å². The quantitative estimate of drug-likeness (QED) is 0.0568. The average molecular weight is 631 g/mol. The lowest BCUT2D eigenvalue weighted by atomic mass is 9.99. The van der Waals surface area contributed by atoms with Gasteiger partial charge in [0.15, 0.2) is 0 Å². The summed E-state index contributed by atoms with van der Waals surface area (Å²) >= 11 is 0. The molecular formula is C41H78N2O2. The minimum Gasteiger partial charge on any atom is -0.448 e. The molecule has 0 aliphatic heterocycles. The van der Waals surface area contributed by atoms with Crippen LogP contribution < -0.4 is 5.32 Å². The number of hydrogen-bond acceptors (Lipinski definition) is 3. The zero-order chi connectivity index (χ0) is 32.9. The predicted molar refractivity (Wildman–Crippen MR) is 200 cm³/mol. The summed E-state index contributed by atoms with van der Waals surface area (Å²) < 4.78 is 5.44. The average Bonchev–Trinajstić information content (AvgIpc) is 3.02. The van der Waals surface area contributed by atoms with Crippen LogP contribution >= 0.6 is 0 Å². The summed E-state index contributed by atoms with van der Waals surface area (Å²) in [6.45, 7) is 5.74. The van der Waals surface area contributed by atoms with Gasteiger partial charge in [-0.05, 0) is 84.7 Å². The van der Waals surface area contributed by atoms with Crippen molar-refractivity contribution in [1.29, 1.82) is 0 Å². The molecule has 0 aliphatic rings. The van der Waals surface area contributed by atoms with E-state index in [-0.39, 0.29) is 12.1 Å². The molecule has 264 valence electrons. The number of unbranched alkanes of at least 4 members (excludes halogenated alkanes) is 20. The van der Waals surface area contributed by atoms with Crippen LogP contribution in [-0.2, 0) is 4.74 Å². The van der Waals surface area contributed by atoms with Gasteiger partial charge in [-0.15, -0.1) is 0 Å². The summed E-state index contributed by atoms with van der Waals surface area (Å²) in [5.41, 5.74) is 0. The summed E-state index contributed by atoms with van der Waals surface area (Å²) in [7, 11) is 4.01. The number of ether oxygens (including phenoxy) is 1. The third-order valence-electron chi connectivity index (χ3n) is 8.66. The van der Waals surface area contributed by atoms with E-state index >= 15 is 0 Å². The Morgan fingerprint density at radius 3 is 1.36 bits per heavy atom. The molecule has 0 bridgehead atoms. The molecule has 1 unspecified atom stereocenters. The third-order valence-corrected chi connectivity index (χ3v) is 8.66. The smallest absolute Gasteiger partial charge is 0.407 e. The highest BCUT2D eigenvalue weighted by atomic mass is 16.5. The van der Waals surface area contributed by atoms with Crippen molar-refractivity contribution in [2.75, 3.05) is 27.2 Å². The van der Waals surface area contributed by atoms with Gasteiger partial charge in [-0.25, -0.2) is 4.79 Å². The molecule has 0 heterocycles. The second kappa shape index (κ2) is 36.9. The number of likely N-dealkylation sites (N-methyl/N-ethyl adjacent to an activating group) is 1. The Morgan fingerprint density at radius 1 is 0.556 bits per heavy atom. The molecule has 0 fully saturated rings. The number of carbonyl (C=O) groups excluding carboxylic acids is 1. The van der Waals surface area contributed by atoms with Crippen LogP contribution in [0.3, 0.4) is 0 Å². The molecule has 0 aromatic rings. The maximum atomic E-state index is 12.4. The molecule has 4 heteroatoms. The van der Waals surface area contributed by atoms with Gasteiger partial charge >= 0.3 is 6.09 Å². The standard InChI is InChI=1S/C41H78N2O2/c1-5-7-9-11-13-15-17-19-21-23-25-27-29-31-33-35-37-40(42-41(44)45-39-38-43(3)4)36-34-32-30-28-26-24-22-20-18-16-14-12-10-8-6-2/h13-16,19,21,40H,5-12,17-18,20,22-39H2,1-4H3,(H,42,44)/b15-13-,16-14-,21-19-. The lowest BCUT2D eigenvalue weighted by molar-refractivity contribution is 0.131. The lowest BCUT2D eigenvalue weighted by Crippen LogP contribution is -2.36. The Bertz CT molecular complexity index is 685. The highest BCUT2D eigenvalue weighted by Crippen LogP contribution is 2.16. The number of nitrogens with one attached hydrogen (secondary N) is 1. The van der Waals surface area contributed by atoms with E-state index in [1.165, 1.54) is 154 Å². The van der Waals surface area contributed by atoms with Gasteiger partial charge in [0.25, 0.3) is 0 Å². The summed E-state index contributed by atoms with van der Waals surface area (Å²) in [6.07, 6.45) is 48.4. The normalized spacial score (nSPS) is 12.7. The van der Waals surface area contributed by atoms with Crippen LogP contribution in [0.15, 0.2) is 36.5 Å². The zero-order valence-corrected chi connectivity index (χ0v) is 30.8. The fraction of sp³-hybridized carbons (Fsp3) is 0.829. The van der Waals surface area contributed by atoms with Gasteiger partial charge in [0.05, 0.1) is 0 Å². The Labute approximate surface area is 282 Å². The number of hydrogen-bond donors (Lipinski definition) is 1. The summed E-state index contributed by atoms with van der Waals surface area (Å²) in [5, 5.41) is 3.19. The van der Waals surface area contributed by atoms with Crippen molar-refractivity contribution in [3.8, 4) is 0 Å². The predicted octanol–water partition coefficient (Wildman–Crippen LogP) is 12.9. The van der Waals surface area contributed by atoms with Gasteiger partial charge in [-0.3, -0.25) is 0 Å². The molecule has 1 amide bonds. The Balaban J connectivity index is 3.98. The molecule has 0 aliphatic carbocycles. The molecule has 0 aromatic carbocycles. The van der Waals surface area contributed by atoms with Crippen molar-refractivity contribution < 1.29 is 9.53 Å². The van der Waals surface area contributed by atoms with E-state index in [1.807, 2.05) is 19.0 Å². The van der Waals surface area contributed by atoms with E-state index in [1.54, 1.807) is 0 Å². The highest BCUT2D eigenvalue weighted by molar-refractivity contribution is 5.67. The molecule has 0 radical (unpaired) electrons. The molecule has 0 spiro atoms. The molecule has 45 heavy (non-hydrogen) atoms. The molecule has 0 saturated carbocycles. The highest BCUT2D eigenvalue weighted by Gasteiger charge is 2.13. The van der Waals surface area contributed by atoms with Crippen LogP contribution in [-0.4, -0.2) is 44.3 Å². The third kappa shape index (κ3) is 36.8. The van der Waals surface area contributed by atoms with Gasteiger partial charge in [0.1, 0.15) is 6.61 Å². The van der Waals surface area contributed by atoms with Crippen LogP contribution in [0.25, 0.3) is 0 Å². The summed E-state index contributed by atoms with van der Waals surface area (Å²) in [6, 6.07) is 0.248. The van der Waals surface area contributed by atoms with Crippen LogP contribution in [0.2, 0.25) is 0 Å². The second-order valence-electron chi connectivity index (χ2n) is 13.5. The molecular weight excluding hydrogens is 552 g/mol. The maximum absolute atomic E-state index is 12.4. The fourth-order valence-electron chi connectivity index (χ4n) is 5.66. The first-order chi connectivity index (χ1) is 22.1. The maximum Gasteiger partial charge on any atom is 0.407 e. The van der Waals surface area contributed by atoms with Crippen molar-refractivity contribution in [2.45, 2.75) is 193 Å². The Kier molecular flexibility index (Phi) is 35.6. The summed E-state index contributed by atoms with van der Waals surface area (Å²) in [4.78, 5) is 14.4. The number of carbonyl (C=O) groups is 1. The Morgan fingerprint density at radius 2 is 0.933 bits per heavy atom. The van der Waals surface area contributed by atoms with Crippen molar-refractivity contribution in [3.05, 3.63) is 36.5 Å². The zero-order valence-electron chi connectivity index (χ0n) is 30.8. The fourth-order valence-corrected chi connectivity index (χ4v) is 5.66. The number of amides is 1. The van der Waals surface area contributed by atoms with Crippen LogP contribution in [0.4, 0.5) is 4.79 Å². The number of nitrogens with zero attached hydrogens (tertiary/aromatic N) is 1. The Hall–Kier alpha value is -1.55. The van der Waals surface area contributed by atoms with E-state index < -0.39 is 0 Å². The first-order valence-corrected chi connectivity index (χ1v) is 19.6. The molecule has 0 saturated heterocycles. The van der Waals surface area contributed by atoms with E-state index in [0.717, 1.165) is 25.8 Å². The first-order valence-electron chi connectivity index (χ1n) is 19.6. The number of allylic oxidation sites excluding steroid dienone is 6. The van der Waals surface area contributed by atoms with Crippen LogP contribution in [0, 0.1) is 0 Å². The molecule has 1 N–H and O–H groups in total. The molecule has 1 atom stereocenters. The number of alkyl carbamates (subject to hydrolysis) is 1. The molecule has 0 aromatic heterocycles. The lowest BCUT2D eigenvalue weighted by Gasteiger charge is -2.19. The minimum atomic E-state index is -0.238. The number of rotatable bonds is 34. The van der Waals surface area contributed by atoms with E-state index in [9.17, 15) is 4.79 Å². The monoisotopic (exact) mass is 631 g/mol. The van der Waals surface area contributed by atoms with E-state index in [2.05, 4.69) is 55.6 Å².